The van der Waals surface area contributed by atoms with Crippen LogP contribution in [0.4, 0.5) is 0 Å². The largest absolute Gasteiger partial charge is 0.375 e. The highest BCUT2D eigenvalue weighted by atomic mass is 35.5. The van der Waals surface area contributed by atoms with Gasteiger partial charge in [-0.05, 0) is 50.3 Å². The van der Waals surface area contributed by atoms with Gasteiger partial charge in [0, 0.05) is 37.2 Å². The molecule has 128 valence electrons. The number of carbonyl (C=O) groups is 1. The second-order valence-corrected chi connectivity index (χ2v) is 6.85. The second-order valence-electron chi connectivity index (χ2n) is 6.41. The summed E-state index contributed by atoms with van der Waals surface area (Å²) in [6, 6.07) is 8.84. The summed E-state index contributed by atoms with van der Waals surface area (Å²) >= 11 is 5.96. The summed E-state index contributed by atoms with van der Waals surface area (Å²) in [7, 11) is 1.74. The first-order valence-electron chi connectivity index (χ1n) is 8.31. The summed E-state index contributed by atoms with van der Waals surface area (Å²) in [5.41, 5.74) is 1.13. The van der Waals surface area contributed by atoms with Crippen molar-refractivity contribution >= 4 is 17.5 Å². The van der Waals surface area contributed by atoms with Gasteiger partial charge in [-0.1, -0.05) is 23.7 Å². The van der Waals surface area contributed by atoms with Gasteiger partial charge in [0.25, 0.3) is 0 Å². The Labute approximate surface area is 143 Å². The van der Waals surface area contributed by atoms with Crippen molar-refractivity contribution in [2.45, 2.75) is 63.8 Å². The van der Waals surface area contributed by atoms with Gasteiger partial charge in [-0.2, -0.15) is 0 Å². The van der Waals surface area contributed by atoms with Crippen molar-refractivity contribution in [1.29, 1.82) is 0 Å². The number of amides is 1. The quantitative estimate of drug-likeness (QED) is 0.835. The number of rotatable bonds is 6. The summed E-state index contributed by atoms with van der Waals surface area (Å²) in [6.07, 6.45) is 4.21. The molecule has 0 bridgehead atoms. The summed E-state index contributed by atoms with van der Waals surface area (Å²) in [5, 5.41) is 7.44. The summed E-state index contributed by atoms with van der Waals surface area (Å²) in [6.45, 7) is 3.74. The molecule has 0 radical (unpaired) electrons. The van der Waals surface area contributed by atoms with Gasteiger partial charge in [0.05, 0.1) is 6.10 Å². The van der Waals surface area contributed by atoms with Crippen LogP contribution in [0.3, 0.4) is 0 Å². The maximum Gasteiger partial charge on any atom is 0.217 e. The normalized spacial score (nSPS) is 24.0. The van der Waals surface area contributed by atoms with E-state index in [-0.39, 0.29) is 18.1 Å². The molecule has 1 aromatic rings. The second kappa shape index (κ2) is 8.67. The Bertz CT molecular complexity index is 498. The third-order valence-corrected chi connectivity index (χ3v) is 4.79. The summed E-state index contributed by atoms with van der Waals surface area (Å²) in [5.74, 6) is 0.0666. The molecular formula is C18H27ClN2O2. The minimum atomic E-state index is 0.000310. The number of methoxy groups -OCH3 is 1. The molecule has 0 heterocycles. The molecule has 1 saturated carbocycles. The van der Waals surface area contributed by atoms with Gasteiger partial charge in [-0.3, -0.25) is 4.79 Å². The average molecular weight is 339 g/mol. The number of hydrogen-bond acceptors (Lipinski definition) is 3. The van der Waals surface area contributed by atoms with E-state index in [1.54, 1.807) is 14.0 Å². The first kappa shape index (κ1) is 18.2. The van der Waals surface area contributed by atoms with E-state index in [1.165, 1.54) is 0 Å². The third-order valence-electron chi connectivity index (χ3n) is 4.54. The predicted octanol–water partition coefficient (Wildman–Crippen LogP) is 3.45. The molecule has 0 spiro atoms. The van der Waals surface area contributed by atoms with E-state index in [0.29, 0.717) is 12.1 Å². The fraction of sp³-hybridized carbons (Fsp3) is 0.611. The Morgan fingerprint density at radius 3 is 2.26 bits per heavy atom. The van der Waals surface area contributed by atoms with Crippen LogP contribution in [0.5, 0.6) is 0 Å². The van der Waals surface area contributed by atoms with Crippen LogP contribution in [0.2, 0.25) is 5.02 Å². The van der Waals surface area contributed by atoms with Crippen LogP contribution in [-0.2, 0) is 9.53 Å². The molecule has 1 amide bonds. The molecule has 1 fully saturated rings. The molecule has 1 aromatic carbocycles. The van der Waals surface area contributed by atoms with E-state index in [9.17, 15) is 4.79 Å². The van der Waals surface area contributed by atoms with Crippen LogP contribution in [0.15, 0.2) is 24.3 Å². The molecule has 2 N–H and O–H groups in total. The fourth-order valence-corrected chi connectivity index (χ4v) is 3.56. The molecule has 4 nitrogen and oxygen atoms in total. The van der Waals surface area contributed by atoms with Gasteiger partial charge in [-0.25, -0.2) is 0 Å². The van der Waals surface area contributed by atoms with Crippen molar-refractivity contribution in [2.75, 3.05) is 7.11 Å². The number of ether oxygens (including phenoxy) is 1. The van der Waals surface area contributed by atoms with Crippen molar-refractivity contribution in [3.8, 4) is 0 Å². The Balaban J connectivity index is 1.87. The van der Waals surface area contributed by atoms with Crippen LogP contribution >= 0.6 is 11.6 Å². The first-order valence-corrected chi connectivity index (χ1v) is 8.68. The van der Waals surface area contributed by atoms with Crippen LogP contribution in [0, 0.1) is 0 Å². The lowest BCUT2D eigenvalue weighted by Crippen LogP contribution is -2.45. The maximum absolute atomic E-state index is 11.1. The monoisotopic (exact) mass is 338 g/mol. The number of hydrogen-bond donors (Lipinski definition) is 2. The highest BCUT2D eigenvalue weighted by molar-refractivity contribution is 6.30. The minimum absolute atomic E-state index is 0.000310. The lowest BCUT2D eigenvalue weighted by atomic mass is 9.90. The number of nitrogens with one attached hydrogen (secondary N) is 2. The van der Waals surface area contributed by atoms with Crippen molar-refractivity contribution < 1.29 is 9.53 Å². The van der Waals surface area contributed by atoms with Gasteiger partial charge >= 0.3 is 0 Å². The van der Waals surface area contributed by atoms with Crippen LogP contribution in [-0.4, -0.2) is 31.1 Å². The number of carbonyl (C=O) groups excluding carboxylic acids is 1. The molecule has 1 aliphatic carbocycles. The van der Waals surface area contributed by atoms with Crippen LogP contribution < -0.4 is 10.6 Å². The van der Waals surface area contributed by atoms with Gasteiger partial charge < -0.3 is 15.4 Å². The Kier molecular flexibility index (Phi) is 6.88. The summed E-state index contributed by atoms with van der Waals surface area (Å²) in [4.78, 5) is 11.1. The van der Waals surface area contributed by atoms with Gasteiger partial charge in [0.2, 0.25) is 5.91 Å². The molecule has 1 aliphatic rings. The highest BCUT2D eigenvalue weighted by Gasteiger charge is 2.26. The number of benzene rings is 1. The molecule has 2 atom stereocenters. The smallest absolute Gasteiger partial charge is 0.217 e. The van der Waals surface area contributed by atoms with Crippen LogP contribution in [0.25, 0.3) is 0 Å². The van der Waals surface area contributed by atoms with Gasteiger partial charge in [0.15, 0.2) is 0 Å². The molecule has 0 unspecified atom stereocenters. The van der Waals surface area contributed by atoms with Gasteiger partial charge in [0.1, 0.15) is 0 Å². The molecule has 0 saturated heterocycles. The minimum Gasteiger partial charge on any atom is -0.375 e. The Morgan fingerprint density at radius 1 is 1.17 bits per heavy atom. The summed E-state index contributed by atoms with van der Waals surface area (Å²) < 4.78 is 5.69. The number of halogens is 1. The van der Waals surface area contributed by atoms with Crippen LogP contribution in [0.1, 0.15) is 51.2 Å². The lowest BCUT2D eigenvalue weighted by Gasteiger charge is -2.33. The lowest BCUT2D eigenvalue weighted by molar-refractivity contribution is -0.119. The van der Waals surface area contributed by atoms with Crippen molar-refractivity contribution in [3.63, 3.8) is 0 Å². The Morgan fingerprint density at radius 2 is 1.74 bits per heavy atom. The van der Waals surface area contributed by atoms with Crippen molar-refractivity contribution in [3.05, 3.63) is 34.9 Å². The zero-order valence-corrected chi connectivity index (χ0v) is 14.9. The van der Waals surface area contributed by atoms with E-state index < -0.39 is 0 Å². The fourth-order valence-electron chi connectivity index (χ4n) is 3.43. The van der Waals surface area contributed by atoms with Crippen molar-refractivity contribution in [1.82, 2.24) is 10.6 Å². The van der Waals surface area contributed by atoms with E-state index >= 15 is 0 Å². The molecule has 23 heavy (non-hydrogen) atoms. The molecule has 5 heteroatoms. The predicted molar refractivity (Wildman–Crippen MR) is 93.7 cm³/mol. The first-order chi connectivity index (χ1) is 11.0. The maximum atomic E-state index is 11.1. The van der Waals surface area contributed by atoms with Gasteiger partial charge in [-0.15, -0.1) is 0 Å². The third kappa shape index (κ3) is 5.48. The van der Waals surface area contributed by atoms with E-state index in [2.05, 4.69) is 17.6 Å². The topological polar surface area (TPSA) is 50.4 Å². The Hall–Kier alpha value is -1.10. The van der Waals surface area contributed by atoms with E-state index in [4.69, 9.17) is 16.3 Å². The van der Waals surface area contributed by atoms with E-state index in [1.807, 2.05) is 24.3 Å². The average Bonchev–Trinajstić information content (AvgIpc) is 2.51. The SMILES string of the molecule is CO[C@H](c1ccc(Cl)cc1)[C@H](C)NC1CCC(NC(C)=O)CC1. The van der Waals surface area contributed by atoms with E-state index in [0.717, 1.165) is 36.3 Å². The van der Waals surface area contributed by atoms with Crippen molar-refractivity contribution in [2.24, 2.45) is 0 Å². The molecule has 2 rings (SSSR count). The zero-order chi connectivity index (χ0) is 16.8. The standard InChI is InChI=1S/C18H27ClN2O2/c1-12(18(23-3)14-4-6-15(19)7-5-14)20-16-8-10-17(11-9-16)21-13(2)22/h4-7,12,16-18,20H,8-11H2,1-3H3,(H,21,22)/t12-,16?,17?,18-/m0/s1. The highest BCUT2D eigenvalue weighted by Crippen LogP contribution is 2.25. The molecule has 0 aromatic heterocycles. The molecular weight excluding hydrogens is 312 g/mol. The zero-order valence-electron chi connectivity index (χ0n) is 14.1. The molecule has 0 aliphatic heterocycles.